The van der Waals surface area contributed by atoms with Gasteiger partial charge >= 0.3 is 0 Å². The Morgan fingerprint density at radius 3 is 1.69 bits per heavy atom. The van der Waals surface area contributed by atoms with Crippen LogP contribution in [0.4, 0.5) is 0 Å². The van der Waals surface area contributed by atoms with Crippen molar-refractivity contribution in [1.82, 2.24) is 0 Å². The van der Waals surface area contributed by atoms with Gasteiger partial charge in [-0.1, -0.05) is 167 Å². The molecule has 0 nitrogen and oxygen atoms in total. The highest BCUT2D eigenvalue weighted by molar-refractivity contribution is 7.14. The number of hydrogen-bond donors (Lipinski definition) is 0. The summed E-state index contributed by atoms with van der Waals surface area (Å²) in [6.07, 6.45) is 0. The zero-order valence-electron chi connectivity index (χ0n) is 20.2. The first-order valence-electron chi connectivity index (χ1n) is 12.6. The van der Waals surface area contributed by atoms with E-state index in [1.165, 1.54) is 33.2 Å². The highest BCUT2D eigenvalue weighted by Gasteiger charge is 2.52. The molecule has 166 valence electrons. The van der Waals surface area contributed by atoms with Gasteiger partial charge in [0.25, 0.3) is 0 Å². The lowest BCUT2D eigenvalue weighted by atomic mass is 9.30. The van der Waals surface area contributed by atoms with Gasteiger partial charge in [0.05, 0.1) is 5.41 Å². The molecule has 5 aromatic carbocycles. The Labute approximate surface area is 209 Å². The first kappa shape index (κ1) is 20.7. The van der Waals surface area contributed by atoms with E-state index in [1.54, 1.807) is 15.8 Å². The minimum atomic E-state index is -1.87. The van der Waals surface area contributed by atoms with Gasteiger partial charge in [-0.15, -0.1) is 0 Å². The molecule has 2 heterocycles. The minimum Gasteiger partial charge on any atom is -0.0689 e. The summed E-state index contributed by atoms with van der Waals surface area (Å²) in [6, 6.07) is 48.0. The Balaban J connectivity index is 1.71. The van der Waals surface area contributed by atoms with Crippen LogP contribution in [0.15, 0.2) is 127 Å². The monoisotopic (exact) mass is 462 g/mol. The molecule has 0 aliphatic carbocycles. The quantitative estimate of drug-likeness (QED) is 0.341. The van der Waals surface area contributed by atoms with Crippen molar-refractivity contribution in [3.05, 3.63) is 150 Å². The maximum absolute atomic E-state index is 2.53. The van der Waals surface area contributed by atoms with Crippen LogP contribution in [-0.2, 0) is 5.41 Å². The normalized spacial score (nSPS) is 16.1. The molecular weight excluding hydrogens is 435 g/mol. The maximum atomic E-state index is 2.53. The standard InChI is InChI=1S/C33H27BSi/c1-35(2)30-22-12-11-21-29(30)34-28-20-10-9-18-26(28)33(24-14-5-3-6-15-24,25-16-7-4-8-17-25)27-19-13-23-31(35)32(27)34/h3-23H,1-2H3. The van der Waals surface area contributed by atoms with Crippen LogP contribution in [0.25, 0.3) is 0 Å². The molecule has 0 N–H and O–H groups in total. The number of fused-ring (bicyclic) bond motifs is 4. The van der Waals surface area contributed by atoms with E-state index in [1.807, 2.05) is 0 Å². The van der Waals surface area contributed by atoms with Gasteiger partial charge < -0.3 is 0 Å². The van der Waals surface area contributed by atoms with Crippen molar-refractivity contribution in [3.63, 3.8) is 0 Å². The predicted molar refractivity (Wildman–Crippen MR) is 153 cm³/mol. The Bertz CT molecular complexity index is 1530. The molecule has 0 radical (unpaired) electrons. The van der Waals surface area contributed by atoms with Gasteiger partial charge in [0.2, 0.25) is 6.71 Å². The number of hydrogen-bond acceptors (Lipinski definition) is 0. The van der Waals surface area contributed by atoms with Crippen molar-refractivity contribution >= 4 is 41.5 Å². The van der Waals surface area contributed by atoms with Crippen LogP contribution in [0.5, 0.6) is 0 Å². The van der Waals surface area contributed by atoms with Gasteiger partial charge in [0.1, 0.15) is 8.07 Å². The third-order valence-corrected chi connectivity index (χ3v) is 12.1. The van der Waals surface area contributed by atoms with Crippen molar-refractivity contribution in [1.29, 1.82) is 0 Å². The molecule has 0 atom stereocenters. The lowest BCUT2D eigenvalue weighted by Gasteiger charge is -2.49. The average Bonchev–Trinajstić information content (AvgIpc) is 2.92. The lowest BCUT2D eigenvalue weighted by Crippen LogP contribution is -2.79. The first-order chi connectivity index (χ1) is 17.1. The van der Waals surface area contributed by atoms with E-state index in [2.05, 4.69) is 140 Å². The summed E-state index contributed by atoms with van der Waals surface area (Å²) in [5.41, 5.74) is 9.68. The van der Waals surface area contributed by atoms with Crippen LogP contribution in [-0.4, -0.2) is 14.8 Å². The first-order valence-corrected chi connectivity index (χ1v) is 15.6. The second kappa shape index (κ2) is 7.44. The molecule has 0 fully saturated rings. The smallest absolute Gasteiger partial charge is 0.0689 e. The van der Waals surface area contributed by atoms with Gasteiger partial charge in [-0.2, -0.15) is 0 Å². The highest BCUT2D eigenvalue weighted by atomic mass is 28.3. The Hall–Kier alpha value is -3.62. The van der Waals surface area contributed by atoms with Crippen molar-refractivity contribution in [2.75, 3.05) is 0 Å². The summed E-state index contributed by atoms with van der Waals surface area (Å²) >= 11 is 0. The predicted octanol–water partition coefficient (Wildman–Crippen LogP) is 4.03. The van der Waals surface area contributed by atoms with Gasteiger partial charge in [0, 0.05) is 0 Å². The van der Waals surface area contributed by atoms with E-state index in [-0.39, 0.29) is 12.1 Å². The summed E-state index contributed by atoms with van der Waals surface area (Å²) in [7, 11) is -1.87. The molecule has 5 aromatic rings. The van der Waals surface area contributed by atoms with E-state index >= 15 is 0 Å². The zero-order valence-corrected chi connectivity index (χ0v) is 21.2. The summed E-state index contributed by atoms with van der Waals surface area (Å²) in [6.45, 7) is 5.34. The fourth-order valence-corrected chi connectivity index (χ4v) is 10.3. The lowest BCUT2D eigenvalue weighted by molar-refractivity contribution is 0.751. The van der Waals surface area contributed by atoms with E-state index < -0.39 is 8.07 Å². The van der Waals surface area contributed by atoms with Crippen LogP contribution in [0.3, 0.4) is 0 Å². The molecule has 0 saturated carbocycles. The molecule has 35 heavy (non-hydrogen) atoms. The van der Waals surface area contributed by atoms with Crippen molar-refractivity contribution in [2.45, 2.75) is 18.5 Å². The van der Waals surface area contributed by atoms with Crippen LogP contribution < -0.4 is 26.8 Å². The van der Waals surface area contributed by atoms with Crippen molar-refractivity contribution in [3.8, 4) is 0 Å². The topological polar surface area (TPSA) is 0 Å². The van der Waals surface area contributed by atoms with Crippen LogP contribution >= 0.6 is 0 Å². The van der Waals surface area contributed by atoms with Crippen LogP contribution in [0.2, 0.25) is 13.1 Å². The van der Waals surface area contributed by atoms with Crippen LogP contribution in [0, 0.1) is 0 Å². The molecule has 7 rings (SSSR count). The average molecular weight is 462 g/mol. The largest absolute Gasteiger partial charge is 0.241 e. The maximum Gasteiger partial charge on any atom is 0.241 e. The number of rotatable bonds is 2. The second-order valence-corrected chi connectivity index (χ2v) is 14.8. The SMILES string of the molecule is C[Si]1(C)c2ccccc2B2c3ccccc3C(c3ccccc3)(c3ccccc3)c3cccc1c32. The third kappa shape index (κ3) is 2.63. The summed E-state index contributed by atoms with van der Waals surface area (Å²) in [5.74, 6) is 0. The van der Waals surface area contributed by atoms with Gasteiger partial charge in [-0.05, 0) is 22.3 Å². The van der Waals surface area contributed by atoms with Gasteiger partial charge in [-0.3, -0.25) is 0 Å². The Kier molecular flexibility index (Phi) is 4.41. The third-order valence-electron chi connectivity index (χ3n) is 8.51. The molecule has 0 amide bonds. The minimum absolute atomic E-state index is 0.273. The molecule has 2 aliphatic heterocycles. The Morgan fingerprint density at radius 2 is 1.00 bits per heavy atom. The fraction of sp³-hybridized carbons (Fsp3) is 0.0909. The van der Waals surface area contributed by atoms with Crippen molar-refractivity contribution in [2.24, 2.45) is 0 Å². The summed E-state index contributed by atoms with van der Waals surface area (Å²) in [4.78, 5) is 0. The fourth-order valence-electron chi connectivity index (χ4n) is 7.09. The zero-order chi connectivity index (χ0) is 23.6. The van der Waals surface area contributed by atoms with E-state index in [0.717, 1.165) is 0 Å². The molecule has 0 aromatic heterocycles. The van der Waals surface area contributed by atoms with E-state index in [0.29, 0.717) is 0 Å². The van der Waals surface area contributed by atoms with Gasteiger partial charge in [-0.25, -0.2) is 0 Å². The second-order valence-electron chi connectivity index (χ2n) is 10.5. The highest BCUT2D eigenvalue weighted by Crippen LogP contribution is 2.45. The summed E-state index contributed by atoms with van der Waals surface area (Å²) < 4.78 is 0. The van der Waals surface area contributed by atoms with E-state index in [4.69, 9.17) is 0 Å². The van der Waals surface area contributed by atoms with E-state index in [9.17, 15) is 0 Å². The molecule has 0 bridgehead atoms. The molecule has 2 heteroatoms. The Morgan fingerprint density at radius 1 is 0.486 bits per heavy atom. The molecular formula is C33H27BSi. The van der Waals surface area contributed by atoms with Crippen molar-refractivity contribution < 1.29 is 0 Å². The summed E-state index contributed by atoms with van der Waals surface area (Å²) in [5, 5.41) is 3.17. The molecule has 2 aliphatic rings. The molecule has 0 unspecified atom stereocenters. The molecule has 0 saturated heterocycles. The molecule has 0 spiro atoms. The van der Waals surface area contributed by atoms with Crippen LogP contribution in [0.1, 0.15) is 22.3 Å². The number of benzene rings is 5. The van der Waals surface area contributed by atoms with Gasteiger partial charge in [0.15, 0.2) is 0 Å².